The third kappa shape index (κ3) is 6.17. The van der Waals surface area contributed by atoms with Gasteiger partial charge in [-0.05, 0) is 49.9 Å². The van der Waals surface area contributed by atoms with Gasteiger partial charge in [0.05, 0.1) is 11.4 Å². The van der Waals surface area contributed by atoms with E-state index in [1.54, 1.807) is 19.0 Å². The van der Waals surface area contributed by atoms with E-state index in [0.29, 0.717) is 36.2 Å². The fourth-order valence-corrected chi connectivity index (χ4v) is 3.76. The van der Waals surface area contributed by atoms with Crippen LogP contribution in [0.25, 0.3) is 11.1 Å². The van der Waals surface area contributed by atoms with E-state index in [2.05, 4.69) is 29.4 Å². The van der Waals surface area contributed by atoms with Crippen LogP contribution in [0.5, 0.6) is 0 Å². The number of halogens is 1. The van der Waals surface area contributed by atoms with Crippen LogP contribution in [0.3, 0.4) is 0 Å². The Morgan fingerprint density at radius 3 is 2.58 bits per heavy atom. The zero-order valence-electron chi connectivity index (χ0n) is 18.2. The third-order valence-electron chi connectivity index (χ3n) is 5.18. The molecule has 6 nitrogen and oxygen atoms in total. The van der Waals surface area contributed by atoms with E-state index in [1.165, 1.54) is 0 Å². The third-order valence-corrected chi connectivity index (χ3v) is 5.39. The minimum atomic E-state index is -0.535. The summed E-state index contributed by atoms with van der Waals surface area (Å²) >= 11 is 6.06. The molecule has 3 aromatic rings. The van der Waals surface area contributed by atoms with Gasteiger partial charge in [0.2, 0.25) is 5.71 Å². The normalized spacial score (nSPS) is 12.5. The van der Waals surface area contributed by atoms with E-state index >= 15 is 0 Å². The lowest BCUT2D eigenvalue weighted by molar-refractivity contribution is 0.339. The van der Waals surface area contributed by atoms with Gasteiger partial charge in [0, 0.05) is 12.0 Å². The van der Waals surface area contributed by atoms with Crippen molar-refractivity contribution in [2.24, 2.45) is 5.92 Å². The van der Waals surface area contributed by atoms with Gasteiger partial charge in [-0.3, -0.25) is 4.79 Å². The number of aromatic nitrogens is 1. The number of benzene rings is 1. The average molecular weight is 442 g/mol. The van der Waals surface area contributed by atoms with Crippen LogP contribution < -0.4 is 16.0 Å². The standard InChI is InChI=1S/C23H29BClN3O3/c1-15(2)20(26-12-7-13-27-24(3)30)22-18(14-16-8-5-4-6-9-16)21(29)17-10-11-19(25)28-23(17)31-22/h4-6,8-11,15,20,26-27,30H,7,12-14H2,1-3H3. The first kappa shape index (κ1) is 23.5. The molecule has 0 bridgehead atoms. The molecule has 164 valence electrons. The summed E-state index contributed by atoms with van der Waals surface area (Å²) in [6.45, 7) is 7.27. The lowest BCUT2D eigenvalue weighted by Gasteiger charge is -2.24. The number of hydrogen-bond acceptors (Lipinski definition) is 6. The maximum atomic E-state index is 13.4. The summed E-state index contributed by atoms with van der Waals surface area (Å²) in [5.41, 5.74) is 1.86. The maximum absolute atomic E-state index is 13.4. The van der Waals surface area contributed by atoms with Gasteiger partial charge in [-0.25, -0.2) is 4.98 Å². The van der Waals surface area contributed by atoms with Crippen molar-refractivity contribution >= 4 is 29.8 Å². The Hall–Kier alpha value is -2.19. The summed E-state index contributed by atoms with van der Waals surface area (Å²) in [5.74, 6) is 0.786. The topological polar surface area (TPSA) is 87.4 Å². The molecule has 0 aliphatic carbocycles. The van der Waals surface area contributed by atoms with Crippen LogP contribution in [0.15, 0.2) is 51.7 Å². The van der Waals surface area contributed by atoms with Gasteiger partial charge in [0.25, 0.3) is 0 Å². The quantitative estimate of drug-likeness (QED) is 0.252. The zero-order chi connectivity index (χ0) is 22.4. The van der Waals surface area contributed by atoms with Gasteiger partial charge < -0.3 is 20.0 Å². The van der Waals surface area contributed by atoms with E-state index in [-0.39, 0.29) is 28.3 Å². The van der Waals surface area contributed by atoms with Crippen LogP contribution >= 0.6 is 11.6 Å². The molecule has 2 heterocycles. The van der Waals surface area contributed by atoms with Crippen molar-refractivity contribution in [1.82, 2.24) is 15.5 Å². The van der Waals surface area contributed by atoms with Crippen molar-refractivity contribution in [2.75, 3.05) is 13.1 Å². The van der Waals surface area contributed by atoms with E-state index in [0.717, 1.165) is 12.0 Å². The van der Waals surface area contributed by atoms with Gasteiger partial charge in [-0.2, -0.15) is 0 Å². The molecule has 0 aliphatic heterocycles. The number of rotatable bonds is 10. The summed E-state index contributed by atoms with van der Waals surface area (Å²) in [7, 11) is -0.535. The molecule has 31 heavy (non-hydrogen) atoms. The number of pyridine rings is 1. The molecule has 0 spiro atoms. The molecule has 0 saturated carbocycles. The predicted octanol–water partition coefficient (Wildman–Crippen LogP) is 3.81. The summed E-state index contributed by atoms with van der Waals surface area (Å²) in [6.07, 6.45) is 1.30. The maximum Gasteiger partial charge on any atom is 0.373 e. The highest BCUT2D eigenvalue weighted by Gasteiger charge is 2.25. The Labute approximate surface area is 188 Å². The molecular weight excluding hydrogens is 413 g/mol. The van der Waals surface area contributed by atoms with Gasteiger partial charge >= 0.3 is 7.05 Å². The van der Waals surface area contributed by atoms with Gasteiger partial charge in [-0.1, -0.05) is 55.8 Å². The Morgan fingerprint density at radius 1 is 1.16 bits per heavy atom. The largest absolute Gasteiger partial charge is 0.440 e. The first-order valence-electron chi connectivity index (χ1n) is 10.7. The Balaban J connectivity index is 1.99. The molecule has 3 rings (SSSR count). The minimum Gasteiger partial charge on any atom is -0.440 e. The summed E-state index contributed by atoms with van der Waals surface area (Å²) in [4.78, 5) is 17.7. The Morgan fingerprint density at radius 2 is 1.90 bits per heavy atom. The molecule has 0 saturated heterocycles. The van der Waals surface area contributed by atoms with Gasteiger partial charge in [0.1, 0.15) is 10.9 Å². The molecule has 0 fully saturated rings. The van der Waals surface area contributed by atoms with Crippen LogP contribution in [0.2, 0.25) is 12.0 Å². The molecule has 0 radical (unpaired) electrons. The highest BCUT2D eigenvalue weighted by molar-refractivity contribution is 6.45. The number of nitrogens with zero attached hydrogens (tertiary/aromatic N) is 1. The lowest BCUT2D eigenvalue weighted by Crippen LogP contribution is -2.34. The fourth-order valence-electron chi connectivity index (χ4n) is 3.62. The van der Waals surface area contributed by atoms with Crippen LogP contribution in [-0.4, -0.2) is 30.1 Å². The molecule has 1 aromatic carbocycles. The second kappa shape index (κ2) is 10.9. The molecular formula is C23H29BClN3O3. The summed E-state index contributed by atoms with van der Waals surface area (Å²) in [6, 6.07) is 13.0. The second-order valence-corrected chi connectivity index (χ2v) is 8.47. The monoisotopic (exact) mass is 441 g/mol. The molecule has 0 aliphatic rings. The first-order valence-corrected chi connectivity index (χ1v) is 11.1. The SMILES string of the molecule is CB(O)NCCCNC(c1oc2nc(Cl)ccc2c(=O)c1Cc1ccccc1)C(C)C. The summed E-state index contributed by atoms with van der Waals surface area (Å²) in [5, 5.41) is 16.6. The molecule has 1 unspecified atom stereocenters. The Kier molecular flexibility index (Phi) is 8.26. The van der Waals surface area contributed by atoms with Gasteiger partial charge in [-0.15, -0.1) is 0 Å². The van der Waals surface area contributed by atoms with Crippen LogP contribution in [0, 0.1) is 5.92 Å². The predicted molar refractivity (Wildman–Crippen MR) is 127 cm³/mol. The van der Waals surface area contributed by atoms with Crippen molar-refractivity contribution in [1.29, 1.82) is 0 Å². The molecule has 8 heteroatoms. The second-order valence-electron chi connectivity index (χ2n) is 8.08. The molecule has 1 atom stereocenters. The van der Waals surface area contributed by atoms with E-state index in [9.17, 15) is 9.82 Å². The van der Waals surface area contributed by atoms with Gasteiger partial charge in [0.15, 0.2) is 5.43 Å². The van der Waals surface area contributed by atoms with E-state index in [4.69, 9.17) is 16.0 Å². The highest BCUT2D eigenvalue weighted by Crippen LogP contribution is 2.28. The van der Waals surface area contributed by atoms with Crippen molar-refractivity contribution in [3.05, 3.63) is 74.7 Å². The van der Waals surface area contributed by atoms with E-state index < -0.39 is 7.05 Å². The zero-order valence-corrected chi connectivity index (χ0v) is 18.9. The minimum absolute atomic E-state index is 0.0764. The summed E-state index contributed by atoms with van der Waals surface area (Å²) < 4.78 is 6.23. The van der Waals surface area contributed by atoms with Crippen LogP contribution in [-0.2, 0) is 6.42 Å². The van der Waals surface area contributed by atoms with E-state index in [1.807, 2.05) is 30.3 Å². The lowest BCUT2D eigenvalue weighted by atomic mass is 9.89. The number of fused-ring (bicyclic) bond motifs is 1. The Bertz CT molecular complexity index is 1060. The average Bonchev–Trinajstić information content (AvgIpc) is 2.73. The molecule has 3 N–H and O–H groups in total. The first-order chi connectivity index (χ1) is 14.9. The smallest absolute Gasteiger partial charge is 0.373 e. The molecule has 2 aromatic heterocycles. The highest BCUT2D eigenvalue weighted by atomic mass is 35.5. The van der Waals surface area contributed by atoms with Crippen molar-refractivity contribution in [3.8, 4) is 0 Å². The van der Waals surface area contributed by atoms with Crippen LogP contribution in [0.4, 0.5) is 0 Å². The van der Waals surface area contributed by atoms with Crippen molar-refractivity contribution in [3.63, 3.8) is 0 Å². The van der Waals surface area contributed by atoms with Crippen molar-refractivity contribution in [2.45, 2.75) is 39.6 Å². The number of nitrogens with one attached hydrogen (secondary N) is 2. The molecule has 0 amide bonds. The van der Waals surface area contributed by atoms with Crippen LogP contribution in [0.1, 0.15) is 43.2 Å². The number of hydrogen-bond donors (Lipinski definition) is 3. The van der Waals surface area contributed by atoms with Crippen molar-refractivity contribution < 1.29 is 9.44 Å². The fraction of sp³-hybridized carbons (Fsp3) is 0.391.